The maximum atomic E-state index is 13.8. The predicted molar refractivity (Wildman–Crippen MR) is 86.9 cm³/mol. The highest BCUT2D eigenvalue weighted by molar-refractivity contribution is 7.16. The summed E-state index contributed by atoms with van der Waals surface area (Å²) in [7, 11) is 0. The van der Waals surface area contributed by atoms with Crippen molar-refractivity contribution in [1.82, 2.24) is 10.3 Å². The van der Waals surface area contributed by atoms with E-state index < -0.39 is 0 Å². The monoisotopic (exact) mass is 330 g/mol. The van der Waals surface area contributed by atoms with E-state index in [1.807, 2.05) is 19.9 Å². The fraction of sp³-hybridized carbons (Fsp3) is 0.176. The van der Waals surface area contributed by atoms with Gasteiger partial charge in [0, 0.05) is 17.7 Å². The highest BCUT2D eigenvalue weighted by Crippen LogP contribution is 2.27. The Balaban J connectivity index is 1.72. The fourth-order valence-corrected chi connectivity index (χ4v) is 3.12. The van der Waals surface area contributed by atoms with Crippen LogP contribution in [-0.2, 0) is 6.54 Å². The van der Waals surface area contributed by atoms with Crippen molar-refractivity contribution in [2.75, 3.05) is 0 Å². The number of rotatable bonds is 4. The van der Waals surface area contributed by atoms with Crippen LogP contribution in [0.25, 0.3) is 10.6 Å². The van der Waals surface area contributed by atoms with Crippen LogP contribution in [0.15, 0.2) is 40.9 Å². The molecule has 0 bridgehead atoms. The van der Waals surface area contributed by atoms with Crippen LogP contribution in [0.1, 0.15) is 26.8 Å². The zero-order valence-corrected chi connectivity index (χ0v) is 13.5. The highest BCUT2D eigenvalue weighted by Gasteiger charge is 2.14. The molecular weight excluding hydrogens is 315 g/mol. The lowest BCUT2D eigenvalue weighted by molar-refractivity contribution is 0.0954. The molecule has 23 heavy (non-hydrogen) atoms. The van der Waals surface area contributed by atoms with Gasteiger partial charge in [-0.3, -0.25) is 4.79 Å². The molecule has 1 aromatic carbocycles. The number of carbonyl (C=O) groups is 1. The van der Waals surface area contributed by atoms with Gasteiger partial charge >= 0.3 is 0 Å². The Labute approximate surface area is 137 Å². The van der Waals surface area contributed by atoms with Gasteiger partial charge in [0.15, 0.2) is 0 Å². The number of nitrogens with zero attached hydrogens (tertiary/aromatic N) is 1. The zero-order chi connectivity index (χ0) is 16.4. The number of benzene rings is 1. The largest absolute Gasteiger partial charge is 0.466 e. The van der Waals surface area contributed by atoms with Crippen LogP contribution in [0.5, 0.6) is 0 Å². The van der Waals surface area contributed by atoms with Gasteiger partial charge in [-0.25, -0.2) is 9.37 Å². The second-order valence-electron chi connectivity index (χ2n) is 5.13. The van der Waals surface area contributed by atoms with Gasteiger partial charge in [0.1, 0.15) is 27.2 Å². The molecule has 118 valence electrons. The van der Waals surface area contributed by atoms with Crippen LogP contribution >= 0.6 is 11.3 Å². The smallest absolute Gasteiger partial charge is 0.263 e. The van der Waals surface area contributed by atoms with Crippen molar-refractivity contribution < 1.29 is 13.6 Å². The van der Waals surface area contributed by atoms with E-state index >= 15 is 0 Å². The first kappa shape index (κ1) is 15.4. The third kappa shape index (κ3) is 3.32. The summed E-state index contributed by atoms with van der Waals surface area (Å²) in [6.07, 6.45) is 1.47. The van der Waals surface area contributed by atoms with Crippen molar-refractivity contribution in [2.45, 2.75) is 20.4 Å². The van der Waals surface area contributed by atoms with Crippen molar-refractivity contribution in [3.63, 3.8) is 0 Å². The number of aryl methyl sites for hydroxylation is 2. The van der Waals surface area contributed by atoms with Gasteiger partial charge in [-0.05, 0) is 32.0 Å². The lowest BCUT2D eigenvalue weighted by Gasteiger charge is -2.01. The molecule has 0 atom stereocenters. The van der Waals surface area contributed by atoms with E-state index in [1.165, 1.54) is 23.6 Å². The van der Waals surface area contributed by atoms with Crippen molar-refractivity contribution in [3.05, 3.63) is 64.3 Å². The first-order valence-electron chi connectivity index (χ1n) is 7.09. The molecule has 0 aliphatic heterocycles. The number of halogens is 1. The van der Waals surface area contributed by atoms with E-state index in [-0.39, 0.29) is 11.7 Å². The molecule has 6 heteroatoms. The molecule has 0 saturated heterocycles. The maximum absolute atomic E-state index is 13.8. The molecule has 0 saturated carbocycles. The minimum Gasteiger partial charge on any atom is -0.466 e. The van der Waals surface area contributed by atoms with Crippen LogP contribution in [0.2, 0.25) is 0 Å². The molecule has 2 aromatic heterocycles. The summed E-state index contributed by atoms with van der Waals surface area (Å²) in [6, 6.07) is 8.28. The van der Waals surface area contributed by atoms with Gasteiger partial charge in [0.05, 0.1) is 6.20 Å². The first-order valence-corrected chi connectivity index (χ1v) is 7.91. The Kier molecular flexibility index (Phi) is 4.25. The molecule has 0 aliphatic rings. The molecule has 3 aromatic rings. The topological polar surface area (TPSA) is 55.1 Å². The summed E-state index contributed by atoms with van der Waals surface area (Å²) >= 11 is 1.17. The summed E-state index contributed by atoms with van der Waals surface area (Å²) < 4.78 is 19.2. The molecule has 0 unspecified atom stereocenters. The number of carbonyl (C=O) groups excluding carboxylic acids is 1. The summed E-state index contributed by atoms with van der Waals surface area (Å²) in [5.74, 6) is 1.02. The highest BCUT2D eigenvalue weighted by atomic mass is 32.1. The molecule has 1 amide bonds. The standard InChI is InChI=1S/C17H15FN2O2S/c1-10-7-12(11(2)22-10)8-19-16(21)15-9-20-17(23-15)13-5-3-4-6-14(13)18/h3-7,9H,8H2,1-2H3,(H,19,21). The minimum atomic E-state index is -0.349. The normalized spacial score (nSPS) is 10.7. The van der Waals surface area contributed by atoms with E-state index in [2.05, 4.69) is 10.3 Å². The lowest BCUT2D eigenvalue weighted by atomic mass is 10.2. The second kappa shape index (κ2) is 6.34. The molecule has 0 fully saturated rings. The zero-order valence-electron chi connectivity index (χ0n) is 12.7. The average molecular weight is 330 g/mol. The van der Waals surface area contributed by atoms with Crippen LogP contribution in [0.4, 0.5) is 4.39 Å². The molecule has 4 nitrogen and oxygen atoms in total. The number of amides is 1. The van der Waals surface area contributed by atoms with Crippen molar-refractivity contribution in [2.24, 2.45) is 0 Å². The molecule has 0 spiro atoms. The Morgan fingerprint density at radius 2 is 2.13 bits per heavy atom. The van der Waals surface area contributed by atoms with Gasteiger partial charge in [0.25, 0.3) is 5.91 Å². The summed E-state index contributed by atoms with van der Waals surface area (Å²) in [4.78, 5) is 16.8. The summed E-state index contributed by atoms with van der Waals surface area (Å²) in [5.41, 5.74) is 1.34. The Hall–Kier alpha value is -2.47. The molecule has 0 aliphatic carbocycles. The van der Waals surface area contributed by atoms with E-state index in [9.17, 15) is 9.18 Å². The number of thiazole rings is 1. The van der Waals surface area contributed by atoms with E-state index in [4.69, 9.17) is 4.42 Å². The third-order valence-electron chi connectivity index (χ3n) is 3.42. The second-order valence-corrected chi connectivity index (χ2v) is 6.16. The Morgan fingerprint density at radius 1 is 1.35 bits per heavy atom. The van der Waals surface area contributed by atoms with Crippen molar-refractivity contribution in [3.8, 4) is 10.6 Å². The average Bonchev–Trinajstić information content (AvgIpc) is 3.12. The first-order chi connectivity index (χ1) is 11.0. The van der Waals surface area contributed by atoms with Gasteiger partial charge < -0.3 is 9.73 Å². The van der Waals surface area contributed by atoms with E-state index in [0.717, 1.165) is 17.1 Å². The fourth-order valence-electron chi connectivity index (χ4n) is 2.26. The van der Waals surface area contributed by atoms with Gasteiger partial charge in [-0.2, -0.15) is 0 Å². The summed E-state index contributed by atoms with van der Waals surface area (Å²) in [6.45, 7) is 4.11. The number of hydrogen-bond donors (Lipinski definition) is 1. The SMILES string of the molecule is Cc1cc(CNC(=O)c2cnc(-c3ccccc3F)s2)c(C)o1. The van der Waals surface area contributed by atoms with Crippen LogP contribution in [-0.4, -0.2) is 10.9 Å². The Morgan fingerprint density at radius 3 is 2.83 bits per heavy atom. The number of nitrogens with one attached hydrogen (secondary N) is 1. The Bertz CT molecular complexity index is 854. The maximum Gasteiger partial charge on any atom is 0.263 e. The van der Waals surface area contributed by atoms with Crippen LogP contribution in [0.3, 0.4) is 0 Å². The molecule has 2 heterocycles. The number of furan rings is 1. The van der Waals surface area contributed by atoms with E-state index in [1.54, 1.807) is 18.2 Å². The number of hydrogen-bond acceptors (Lipinski definition) is 4. The van der Waals surface area contributed by atoms with Crippen LogP contribution in [0, 0.1) is 19.7 Å². The number of aromatic nitrogens is 1. The lowest BCUT2D eigenvalue weighted by Crippen LogP contribution is -2.21. The van der Waals surface area contributed by atoms with Gasteiger partial charge in [0.2, 0.25) is 0 Å². The molecule has 1 N–H and O–H groups in total. The molecule has 3 rings (SSSR count). The van der Waals surface area contributed by atoms with Crippen molar-refractivity contribution >= 4 is 17.2 Å². The third-order valence-corrected chi connectivity index (χ3v) is 4.45. The van der Waals surface area contributed by atoms with Crippen molar-refractivity contribution in [1.29, 1.82) is 0 Å². The van der Waals surface area contributed by atoms with Crippen LogP contribution < -0.4 is 5.32 Å². The predicted octanol–water partition coefficient (Wildman–Crippen LogP) is 4.09. The van der Waals surface area contributed by atoms with E-state index in [0.29, 0.717) is 22.0 Å². The molecular formula is C17H15FN2O2S. The molecule has 0 radical (unpaired) electrons. The summed E-state index contributed by atoms with van der Waals surface area (Å²) in [5, 5.41) is 3.32. The minimum absolute atomic E-state index is 0.233. The quantitative estimate of drug-likeness (QED) is 0.784. The van der Waals surface area contributed by atoms with Gasteiger partial charge in [-0.15, -0.1) is 11.3 Å². The van der Waals surface area contributed by atoms with Gasteiger partial charge in [-0.1, -0.05) is 12.1 Å².